The lowest BCUT2D eigenvalue weighted by atomic mass is 9.73. The van der Waals surface area contributed by atoms with Crippen LogP contribution in [0.3, 0.4) is 0 Å². The molecule has 2 aromatic rings. The van der Waals surface area contributed by atoms with E-state index in [4.69, 9.17) is 14.2 Å². The molecule has 0 unspecified atom stereocenters. The van der Waals surface area contributed by atoms with E-state index in [9.17, 15) is 9.18 Å². The summed E-state index contributed by atoms with van der Waals surface area (Å²) in [7, 11) is 0. The molecule has 0 N–H and O–H groups in total. The van der Waals surface area contributed by atoms with Crippen LogP contribution in [0.25, 0.3) is 11.5 Å². The van der Waals surface area contributed by atoms with E-state index in [0.29, 0.717) is 19.1 Å². The van der Waals surface area contributed by atoms with Crippen LogP contribution in [0.1, 0.15) is 50.8 Å². The fourth-order valence-electron chi connectivity index (χ4n) is 4.90. The smallest absolute Gasteiger partial charge is 0.257 e. The molecule has 0 radical (unpaired) electrons. The van der Waals surface area contributed by atoms with Crippen LogP contribution in [-0.2, 0) is 14.9 Å². The predicted octanol–water partition coefficient (Wildman–Crippen LogP) is 3.96. The van der Waals surface area contributed by atoms with Crippen LogP contribution in [0.5, 0.6) is 0 Å². The maximum Gasteiger partial charge on any atom is 0.257 e. The molecule has 3 heterocycles. The number of carbonyl (C=O) groups excluding carboxylic acids is 1. The van der Waals surface area contributed by atoms with Crippen molar-refractivity contribution in [3.8, 4) is 11.5 Å². The van der Waals surface area contributed by atoms with Crippen LogP contribution in [-0.4, -0.2) is 47.3 Å². The first kappa shape index (κ1) is 19.7. The summed E-state index contributed by atoms with van der Waals surface area (Å²) in [5.74, 6) is 1.98. The van der Waals surface area contributed by atoms with Crippen LogP contribution in [0.2, 0.25) is 0 Å². The molecule has 3 fully saturated rings. The zero-order chi connectivity index (χ0) is 20.6. The molecule has 0 spiro atoms. The minimum atomic E-state index is -0.287. The Morgan fingerprint density at radius 3 is 2.47 bits per heavy atom. The minimum Gasteiger partial charge on any atom is -0.381 e. The van der Waals surface area contributed by atoms with E-state index in [0.717, 1.165) is 62.5 Å². The zero-order valence-corrected chi connectivity index (χ0v) is 17.2. The molecule has 1 aromatic heterocycles. The number of rotatable bonds is 5. The van der Waals surface area contributed by atoms with Crippen LogP contribution in [0, 0.1) is 17.7 Å². The van der Waals surface area contributed by atoms with Gasteiger partial charge in [0.2, 0.25) is 5.91 Å². The predicted molar refractivity (Wildman–Crippen MR) is 108 cm³/mol. The summed E-state index contributed by atoms with van der Waals surface area (Å²) in [5, 5.41) is 4.35. The lowest BCUT2D eigenvalue weighted by Gasteiger charge is -2.41. The van der Waals surface area contributed by atoms with Crippen molar-refractivity contribution in [2.45, 2.75) is 50.4 Å². The first-order valence-electron chi connectivity index (χ1n) is 11.1. The first-order valence-corrected chi connectivity index (χ1v) is 11.1. The van der Waals surface area contributed by atoms with E-state index in [2.05, 4.69) is 5.16 Å². The van der Waals surface area contributed by atoms with Gasteiger partial charge in [0.05, 0.1) is 0 Å². The van der Waals surface area contributed by atoms with Crippen molar-refractivity contribution < 1.29 is 18.4 Å². The van der Waals surface area contributed by atoms with Crippen molar-refractivity contribution in [2.24, 2.45) is 11.8 Å². The van der Waals surface area contributed by atoms with Gasteiger partial charge < -0.3 is 14.2 Å². The lowest BCUT2D eigenvalue weighted by Crippen LogP contribution is -2.48. The topological polar surface area (TPSA) is 68.5 Å². The number of likely N-dealkylation sites (tertiary alicyclic amines) is 1. The normalized spacial score (nSPS) is 22.2. The molecule has 0 bridgehead atoms. The van der Waals surface area contributed by atoms with Gasteiger partial charge in [-0.25, -0.2) is 4.39 Å². The van der Waals surface area contributed by atoms with Gasteiger partial charge in [0.15, 0.2) is 5.82 Å². The van der Waals surface area contributed by atoms with Crippen molar-refractivity contribution in [3.63, 3.8) is 0 Å². The summed E-state index contributed by atoms with van der Waals surface area (Å²) in [6.45, 7) is 2.85. The molecule has 1 saturated carbocycles. The number of piperidine rings is 1. The first-order chi connectivity index (χ1) is 14.6. The molecule has 1 aliphatic carbocycles. The molecule has 0 atom stereocenters. The second-order valence-corrected chi connectivity index (χ2v) is 9.07. The standard InChI is InChI=1S/C23H28FN3O3/c24-19-5-3-17(4-6-19)20-25-22(26-30-20)23(15-16-1-2-16)9-11-27(12-10-23)21(28)18-7-13-29-14-8-18/h3-6,16,18H,1-2,7-15H2. The Kier molecular flexibility index (Phi) is 5.31. The van der Waals surface area contributed by atoms with E-state index in [1.165, 1.54) is 25.0 Å². The second kappa shape index (κ2) is 8.10. The van der Waals surface area contributed by atoms with Gasteiger partial charge >= 0.3 is 0 Å². The van der Waals surface area contributed by atoms with E-state index in [1.807, 2.05) is 4.90 Å². The number of halogens is 1. The summed E-state index contributed by atoms with van der Waals surface area (Å²) in [6.07, 6.45) is 6.95. The third-order valence-corrected chi connectivity index (χ3v) is 6.97. The summed E-state index contributed by atoms with van der Waals surface area (Å²) in [6, 6.07) is 6.13. The van der Waals surface area contributed by atoms with Gasteiger partial charge in [0.25, 0.3) is 5.89 Å². The number of amides is 1. The fraction of sp³-hybridized carbons (Fsp3) is 0.609. The SMILES string of the molecule is O=C(C1CCOCC1)N1CCC(CC2CC2)(c2noc(-c3ccc(F)cc3)n2)CC1. The maximum absolute atomic E-state index is 13.2. The van der Waals surface area contributed by atoms with Gasteiger partial charge in [-0.1, -0.05) is 18.0 Å². The quantitative estimate of drug-likeness (QED) is 0.742. The Bertz CT molecular complexity index is 879. The van der Waals surface area contributed by atoms with Crippen LogP contribution in [0.15, 0.2) is 28.8 Å². The van der Waals surface area contributed by atoms with E-state index in [1.54, 1.807) is 12.1 Å². The molecule has 1 amide bonds. The molecule has 7 heteroatoms. The number of ether oxygens (including phenoxy) is 1. The zero-order valence-electron chi connectivity index (χ0n) is 17.2. The van der Waals surface area contributed by atoms with E-state index < -0.39 is 0 Å². The lowest BCUT2D eigenvalue weighted by molar-refractivity contribution is -0.140. The molecular formula is C23H28FN3O3. The number of hydrogen-bond donors (Lipinski definition) is 0. The molecule has 30 heavy (non-hydrogen) atoms. The summed E-state index contributed by atoms with van der Waals surface area (Å²) < 4.78 is 24.2. The van der Waals surface area contributed by atoms with Crippen molar-refractivity contribution in [3.05, 3.63) is 35.9 Å². The average Bonchev–Trinajstić information content (AvgIpc) is 3.45. The third-order valence-electron chi connectivity index (χ3n) is 6.97. The van der Waals surface area contributed by atoms with Crippen molar-refractivity contribution >= 4 is 5.91 Å². The molecule has 2 aliphatic heterocycles. The highest BCUT2D eigenvalue weighted by atomic mass is 19.1. The molecular weight excluding hydrogens is 385 g/mol. The van der Waals surface area contributed by atoms with E-state index >= 15 is 0 Å². The number of nitrogens with zero attached hydrogens (tertiary/aromatic N) is 3. The Morgan fingerprint density at radius 1 is 1.10 bits per heavy atom. The molecule has 3 aliphatic rings. The highest BCUT2D eigenvalue weighted by Gasteiger charge is 2.45. The third kappa shape index (κ3) is 4.00. The van der Waals surface area contributed by atoms with Gasteiger partial charge in [-0.15, -0.1) is 0 Å². The van der Waals surface area contributed by atoms with Gasteiger partial charge in [0.1, 0.15) is 5.82 Å². The number of carbonyl (C=O) groups is 1. The van der Waals surface area contributed by atoms with Crippen molar-refractivity contribution in [1.82, 2.24) is 15.0 Å². The van der Waals surface area contributed by atoms with Crippen LogP contribution >= 0.6 is 0 Å². The van der Waals surface area contributed by atoms with Gasteiger partial charge in [-0.3, -0.25) is 4.79 Å². The Labute approximate surface area is 175 Å². The largest absolute Gasteiger partial charge is 0.381 e. The summed E-state index contributed by atoms with van der Waals surface area (Å²) in [5.41, 5.74) is 0.582. The molecule has 5 rings (SSSR count). The number of benzene rings is 1. The van der Waals surface area contributed by atoms with Crippen LogP contribution in [0.4, 0.5) is 4.39 Å². The van der Waals surface area contributed by atoms with Gasteiger partial charge in [-0.2, -0.15) is 4.98 Å². The number of hydrogen-bond acceptors (Lipinski definition) is 5. The van der Waals surface area contributed by atoms with Crippen LogP contribution < -0.4 is 0 Å². The van der Waals surface area contributed by atoms with E-state index in [-0.39, 0.29) is 23.1 Å². The highest BCUT2D eigenvalue weighted by Crippen LogP contribution is 2.47. The monoisotopic (exact) mass is 413 g/mol. The molecule has 160 valence electrons. The van der Waals surface area contributed by atoms with Gasteiger partial charge in [-0.05, 0) is 62.3 Å². The second-order valence-electron chi connectivity index (χ2n) is 9.07. The van der Waals surface area contributed by atoms with Crippen molar-refractivity contribution in [2.75, 3.05) is 26.3 Å². The Hall–Kier alpha value is -2.28. The molecule has 2 saturated heterocycles. The average molecular weight is 413 g/mol. The minimum absolute atomic E-state index is 0.102. The summed E-state index contributed by atoms with van der Waals surface area (Å²) >= 11 is 0. The highest BCUT2D eigenvalue weighted by molar-refractivity contribution is 5.79. The van der Waals surface area contributed by atoms with Gasteiger partial charge in [0, 0.05) is 43.2 Å². The number of aromatic nitrogens is 2. The molecule has 1 aromatic carbocycles. The summed E-state index contributed by atoms with van der Waals surface area (Å²) in [4.78, 5) is 19.7. The molecule has 6 nitrogen and oxygen atoms in total. The fourth-order valence-corrected chi connectivity index (χ4v) is 4.90. The Morgan fingerprint density at radius 2 is 1.80 bits per heavy atom. The maximum atomic E-state index is 13.2. The van der Waals surface area contributed by atoms with Crippen molar-refractivity contribution in [1.29, 1.82) is 0 Å². The Balaban J connectivity index is 1.32.